The van der Waals surface area contributed by atoms with E-state index in [1.165, 1.54) is 6.08 Å². The number of hydrogen-bond acceptors (Lipinski definition) is 8. The van der Waals surface area contributed by atoms with Gasteiger partial charge in [-0.05, 0) is 31.1 Å². The van der Waals surface area contributed by atoms with Gasteiger partial charge in [0.05, 0.1) is 30.5 Å². The first-order valence-electron chi connectivity index (χ1n) is 12.9. The summed E-state index contributed by atoms with van der Waals surface area (Å²) in [6.45, 7) is 7.96. The van der Waals surface area contributed by atoms with Crippen molar-refractivity contribution in [1.82, 2.24) is 30.0 Å². The maximum Gasteiger partial charge on any atom is 0.319 e. The highest BCUT2D eigenvalue weighted by Gasteiger charge is 2.49. The molecule has 0 radical (unpaired) electrons. The lowest BCUT2D eigenvalue weighted by Crippen LogP contribution is -2.59. The number of benzene rings is 1. The fraction of sp³-hybridized carbons (Fsp3) is 0.444. The Morgan fingerprint density at radius 2 is 2.05 bits per heavy atom. The molecule has 10 nitrogen and oxygen atoms in total. The van der Waals surface area contributed by atoms with Gasteiger partial charge in [-0.25, -0.2) is 8.78 Å². The van der Waals surface area contributed by atoms with Crippen LogP contribution in [0, 0.1) is 23.7 Å². The third-order valence-corrected chi connectivity index (χ3v) is 7.88. The van der Waals surface area contributed by atoms with Crippen LogP contribution in [0.2, 0.25) is 0 Å². The van der Waals surface area contributed by atoms with Crippen molar-refractivity contribution in [3.05, 3.63) is 42.1 Å². The highest BCUT2D eigenvalue weighted by atomic mass is 19.3. The Balaban J connectivity index is 1.34. The third-order valence-electron chi connectivity index (χ3n) is 7.88. The Kier molecular flexibility index (Phi) is 5.99. The molecule has 39 heavy (non-hydrogen) atoms. The highest BCUT2D eigenvalue weighted by molar-refractivity contribution is 5.97. The zero-order chi connectivity index (χ0) is 27.4. The first kappa shape index (κ1) is 25.2. The second-order valence-electron chi connectivity index (χ2n) is 10.7. The van der Waals surface area contributed by atoms with E-state index < -0.39 is 5.92 Å². The Hall–Kier alpha value is -4.11. The zero-order valence-corrected chi connectivity index (χ0v) is 21.6. The first-order chi connectivity index (χ1) is 18.7. The number of fused-ring (bicyclic) bond motifs is 1. The molecule has 0 aliphatic carbocycles. The quantitative estimate of drug-likeness (QED) is 0.461. The normalized spacial score (nSPS) is 19.5. The molecule has 3 aliphatic rings. The lowest BCUT2D eigenvalue weighted by Gasteiger charge is -2.47. The molecule has 3 saturated heterocycles. The summed E-state index contributed by atoms with van der Waals surface area (Å²) in [4.78, 5) is 26.8. The van der Waals surface area contributed by atoms with Crippen LogP contribution in [0.3, 0.4) is 0 Å². The third kappa shape index (κ3) is 4.46. The molecule has 1 aromatic carbocycles. The number of hydrogen-bond donors (Lipinski definition) is 1. The number of alkyl halides is 2. The second-order valence-corrected chi connectivity index (χ2v) is 10.7. The number of amides is 1. The smallest absolute Gasteiger partial charge is 0.319 e. The number of nitrogens with zero attached hydrogens (tertiary/aromatic N) is 7. The summed E-state index contributed by atoms with van der Waals surface area (Å²) in [5.41, 5.74) is 3.18. The van der Waals surface area contributed by atoms with E-state index in [0.717, 1.165) is 28.5 Å². The number of aromatic nitrogens is 4. The number of anilines is 1. The number of H-pyrrole nitrogens is 1. The highest BCUT2D eigenvalue weighted by Crippen LogP contribution is 2.43. The van der Waals surface area contributed by atoms with Crippen LogP contribution < -0.4 is 9.64 Å². The molecule has 0 saturated carbocycles. The van der Waals surface area contributed by atoms with E-state index in [2.05, 4.69) is 37.7 Å². The summed E-state index contributed by atoms with van der Waals surface area (Å²) in [6, 6.07) is 6.28. The Labute approximate surface area is 223 Å². The van der Waals surface area contributed by atoms with E-state index in [4.69, 9.17) is 4.74 Å². The van der Waals surface area contributed by atoms with Crippen molar-refractivity contribution in [3.8, 4) is 23.3 Å². The van der Waals surface area contributed by atoms with Crippen molar-refractivity contribution < 1.29 is 18.3 Å². The molecule has 1 spiro atoms. The summed E-state index contributed by atoms with van der Waals surface area (Å²) < 4.78 is 32.4. The van der Waals surface area contributed by atoms with Crippen molar-refractivity contribution in [2.24, 2.45) is 5.41 Å². The van der Waals surface area contributed by atoms with E-state index in [-0.39, 0.29) is 37.0 Å². The molecule has 0 bridgehead atoms. The minimum absolute atomic E-state index is 0.0687. The number of aromatic amines is 1. The fourth-order valence-corrected chi connectivity index (χ4v) is 5.90. The molecule has 0 unspecified atom stereocenters. The topological polar surface area (TPSA) is 114 Å². The molecule has 2 aromatic heterocycles. The van der Waals surface area contributed by atoms with Gasteiger partial charge in [0, 0.05) is 49.1 Å². The van der Waals surface area contributed by atoms with Crippen molar-refractivity contribution in [1.29, 1.82) is 5.26 Å². The molecule has 1 N–H and O–H groups in total. The predicted octanol–water partition coefficient (Wildman–Crippen LogP) is 2.75. The van der Waals surface area contributed by atoms with Crippen LogP contribution in [-0.4, -0.2) is 94.2 Å². The minimum atomic E-state index is -2.65. The van der Waals surface area contributed by atoms with E-state index in [1.807, 2.05) is 19.1 Å². The van der Waals surface area contributed by atoms with Gasteiger partial charge in [-0.2, -0.15) is 20.3 Å². The number of halogens is 2. The van der Waals surface area contributed by atoms with E-state index in [0.29, 0.717) is 49.8 Å². The number of carbonyl (C=O) groups excluding carboxylic acids is 1. The van der Waals surface area contributed by atoms with Crippen LogP contribution in [0.15, 0.2) is 31.0 Å². The molecule has 5 heterocycles. The average molecular weight is 535 g/mol. The SMILES string of the molecule is C=CC(=O)N1CC2(CCN(c3nc(OCCN4CC(F)(F)C4)nc(-c4c(C)ccc5[nH]ncc45)c3C#N)C2)C1. The summed E-state index contributed by atoms with van der Waals surface area (Å²) in [7, 11) is 0. The molecule has 202 valence electrons. The second kappa shape index (κ2) is 9.27. The maximum atomic E-state index is 13.2. The van der Waals surface area contributed by atoms with Gasteiger partial charge in [0.1, 0.15) is 18.2 Å². The summed E-state index contributed by atoms with van der Waals surface area (Å²) in [5.74, 6) is -2.26. The van der Waals surface area contributed by atoms with Crippen LogP contribution in [0.5, 0.6) is 6.01 Å². The van der Waals surface area contributed by atoms with Gasteiger partial charge < -0.3 is 14.5 Å². The zero-order valence-electron chi connectivity index (χ0n) is 21.6. The van der Waals surface area contributed by atoms with Crippen LogP contribution in [0.1, 0.15) is 17.5 Å². The Morgan fingerprint density at radius 3 is 2.77 bits per heavy atom. The summed E-state index contributed by atoms with van der Waals surface area (Å²) in [5, 5.41) is 18.3. The summed E-state index contributed by atoms with van der Waals surface area (Å²) >= 11 is 0. The minimum Gasteiger partial charge on any atom is -0.462 e. The van der Waals surface area contributed by atoms with E-state index >= 15 is 0 Å². The van der Waals surface area contributed by atoms with Crippen molar-refractivity contribution in [2.45, 2.75) is 19.3 Å². The first-order valence-corrected chi connectivity index (χ1v) is 12.9. The van der Waals surface area contributed by atoms with Crippen LogP contribution in [0.25, 0.3) is 22.2 Å². The number of ether oxygens (including phenoxy) is 1. The van der Waals surface area contributed by atoms with Gasteiger partial charge >= 0.3 is 6.01 Å². The lowest BCUT2D eigenvalue weighted by molar-refractivity contribution is -0.136. The fourth-order valence-electron chi connectivity index (χ4n) is 5.90. The number of likely N-dealkylation sites (tertiary alicyclic amines) is 2. The van der Waals surface area contributed by atoms with Crippen molar-refractivity contribution >= 4 is 22.6 Å². The summed E-state index contributed by atoms with van der Waals surface area (Å²) in [6.07, 6.45) is 3.89. The number of nitrogens with one attached hydrogen (secondary N) is 1. The monoisotopic (exact) mass is 534 g/mol. The van der Waals surface area contributed by atoms with Gasteiger partial charge in [0.2, 0.25) is 5.91 Å². The van der Waals surface area contributed by atoms with Gasteiger partial charge in [-0.3, -0.25) is 14.8 Å². The molecule has 3 aromatic rings. The van der Waals surface area contributed by atoms with Gasteiger partial charge in [-0.1, -0.05) is 12.6 Å². The maximum absolute atomic E-state index is 13.2. The average Bonchev–Trinajstić information content (AvgIpc) is 3.53. The number of rotatable bonds is 7. The number of carbonyl (C=O) groups is 1. The van der Waals surface area contributed by atoms with E-state index in [9.17, 15) is 18.8 Å². The van der Waals surface area contributed by atoms with Crippen LogP contribution >= 0.6 is 0 Å². The van der Waals surface area contributed by atoms with Crippen molar-refractivity contribution in [2.75, 3.05) is 57.3 Å². The number of nitriles is 1. The lowest BCUT2D eigenvalue weighted by atomic mass is 9.79. The number of aryl methyl sites for hydroxylation is 1. The van der Waals surface area contributed by atoms with Gasteiger partial charge in [0.15, 0.2) is 5.82 Å². The Morgan fingerprint density at radius 1 is 1.26 bits per heavy atom. The molecule has 1 amide bonds. The molecule has 12 heteroatoms. The van der Waals surface area contributed by atoms with Gasteiger partial charge in [0.25, 0.3) is 5.92 Å². The molecular weight excluding hydrogens is 506 g/mol. The van der Waals surface area contributed by atoms with Crippen LogP contribution in [-0.2, 0) is 4.79 Å². The molecule has 3 fully saturated rings. The molecule has 3 aliphatic heterocycles. The van der Waals surface area contributed by atoms with Gasteiger partial charge in [-0.15, -0.1) is 0 Å². The Bertz CT molecular complexity index is 1500. The van der Waals surface area contributed by atoms with Crippen molar-refractivity contribution in [3.63, 3.8) is 0 Å². The largest absolute Gasteiger partial charge is 0.462 e. The molecule has 0 atom stereocenters. The van der Waals surface area contributed by atoms with Crippen LogP contribution in [0.4, 0.5) is 14.6 Å². The standard InChI is InChI=1S/C27H28F2N8O2/c1-3-21(38)37-13-26(14-37)6-7-36(12-26)24-18(10-30)23(22-17(2)4-5-20-19(22)11-31-34-20)32-25(33-24)39-9-8-35-15-27(28,29)16-35/h3-5,11H,1,6-9,12-16H2,2H3,(H,31,34). The van der Waals surface area contributed by atoms with E-state index in [1.54, 1.807) is 16.0 Å². The molecular formula is C27H28F2N8O2. The predicted molar refractivity (Wildman–Crippen MR) is 139 cm³/mol. The molecule has 6 rings (SSSR count).